The second-order valence-electron chi connectivity index (χ2n) is 8.03. The smallest absolute Gasteiger partial charge is 0.228 e. The van der Waals surface area contributed by atoms with E-state index in [1.54, 1.807) is 23.0 Å². The normalized spacial score (nSPS) is 14.4. The number of aromatic hydroxyl groups is 1. The molecule has 2 aromatic heterocycles. The van der Waals surface area contributed by atoms with Crippen molar-refractivity contribution in [3.63, 3.8) is 0 Å². The number of nitrogens with zero attached hydrogens (tertiary/aromatic N) is 4. The van der Waals surface area contributed by atoms with Gasteiger partial charge in [0, 0.05) is 17.5 Å². The van der Waals surface area contributed by atoms with Crippen LogP contribution in [0.25, 0.3) is 5.65 Å². The van der Waals surface area contributed by atoms with Crippen LogP contribution < -0.4 is 9.47 Å². The van der Waals surface area contributed by atoms with E-state index >= 15 is 0 Å². The average Bonchev–Trinajstić information content (AvgIpc) is 3.26. The van der Waals surface area contributed by atoms with E-state index < -0.39 is 0 Å². The Hall–Kier alpha value is -4.39. The molecule has 0 saturated heterocycles. The molecule has 0 bridgehead atoms. The van der Waals surface area contributed by atoms with E-state index in [2.05, 4.69) is 22.2 Å². The van der Waals surface area contributed by atoms with Gasteiger partial charge >= 0.3 is 0 Å². The highest BCUT2D eigenvalue weighted by Gasteiger charge is 2.33. The minimum atomic E-state index is -0.170. The fourth-order valence-electron chi connectivity index (χ4n) is 4.18. The van der Waals surface area contributed by atoms with Crippen LogP contribution in [0.15, 0.2) is 79.1 Å². The highest BCUT2D eigenvalue weighted by molar-refractivity contribution is 5.66. The molecule has 6 rings (SSSR count). The number of phenols is 1. The van der Waals surface area contributed by atoms with E-state index in [0.717, 1.165) is 22.4 Å². The highest BCUT2D eigenvalue weighted by atomic mass is 16.5. The maximum atomic E-state index is 10.00. The second-order valence-corrected chi connectivity index (χ2v) is 8.03. The molecule has 0 radical (unpaired) electrons. The first kappa shape index (κ1) is 19.3. The topological polar surface area (TPSA) is 81.8 Å². The molecule has 7 nitrogen and oxygen atoms in total. The van der Waals surface area contributed by atoms with E-state index in [-0.39, 0.29) is 18.3 Å². The standard InChI is InChI=1S/C26H20N4O3/c1-16-7-10-19(11-8-16)32-14-22-28-25-24-23(17-5-3-2-4-6-17)20-12-9-18(31)13-21(20)33-26(24)27-15-30(25)29-22/h2-13,15,23,31H,14H2,1H3. The van der Waals surface area contributed by atoms with Crippen molar-refractivity contribution >= 4 is 5.65 Å². The minimum Gasteiger partial charge on any atom is -0.508 e. The lowest BCUT2D eigenvalue weighted by molar-refractivity contribution is 0.296. The Kier molecular flexibility index (Phi) is 4.47. The average molecular weight is 436 g/mol. The predicted molar refractivity (Wildman–Crippen MR) is 122 cm³/mol. The number of benzene rings is 3. The maximum Gasteiger partial charge on any atom is 0.228 e. The summed E-state index contributed by atoms with van der Waals surface area (Å²) in [6, 6.07) is 23.2. The van der Waals surface area contributed by atoms with Gasteiger partial charge in [-0.15, -0.1) is 5.10 Å². The Bertz CT molecular complexity index is 1460. The van der Waals surface area contributed by atoms with Gasteiger partial charge in [0.25, 0.3) is 0 Å². The molecule has 162 valence electrons. The van der Waals surface area contributed by atoms with Crippen LogP contribution in [0.5, 0.6) is 23.1 Å². The molecule has 1 atom stereocenters. The summed E-state index contributed by atoms with van der Waals surface area (Å²) >= 11 is 0. The summed E-state index contributed by atoms with van der Waals surface area (Å²) in [7, 11) is 0. The van der Waals surface area contributed by atoms with E-state index in [1.807, 2.05) is 55.5 Å². The van der Waals surface area contributed by atoms with Crippen LogP contribution in [0.3, 0.4) is 0 Å². The third-order valence-electron chi connectivity index (χ3n) is 5.76. The van der Waals surface area contributed by atoms with Crippen molar-refractivity contribution in [2.75, 3.05) is 0 Å². The van der Waals surface area contributed by atoms with E-state index in [4.69, 9.17) is 14.5 Å². The van der Waals surface area contributed by atoms with Gasteiger partial charge in [0.2, 0.25) is 5.88 Å². The zero-order chi connectivity index (χ0) is 22.4. The summed E-state index contributed by atoms with van der Waals surface area (Å²) in [5.74, 6) is 2.32. The first-order valence-corrected chi connectivity index (χ1v) is 10.6. The first-order chi connectivity index (χ1) is 16.2. The molecule has 1 aliphatic heterocycles. The predicted octanol–water partition coefficient (Wildman–Crippen LogP) is 5.00. The molecular weight excluding hydrogens is 416 g/mol. The monoisotopic (exact) mass is 436 g/mol. The Morgan fingerprint density at radius 3 is 2.67 bits per heavy atom. The molecule has 3 heterocycles. The maximum absolute atomic E-state index is 10.00. The van der Waals surface area contributed by atoms with Crippen molar-refractivity contribution in [1.82, 2.24) is 19.6 Å². The second kappa shape index (κ2) is 7.63. The van der Waals surface area contributed by atoms with Gasteiger partial charge in [-0.05, 0) is 30.7 Å². The van der Waals surface area contributed by atoms with Crippen LogP contribution >= 0.6 is 0 Å². The van der Waals surface area contributed by atoms with Gasteiger partial charge in [0.05, 0.1) is 5.56 Å². The highest BCUT2D eigenvalue weighted by Crippen LogP contribution is 2.48. The molecule has 0 spiro atoms. The molecular formula is C26H20N4O3. The third kappa shape index (κ3) is 3.43. The molecule has 33 heavy (non-hydrogen) atoms. The summed E-state index contributed by atoms with van der Waals surface area (Å²) in [5, 5.41) is 14.6. The number of aryl methyl sites for hydroxylation is 1. The molecule has 7 heteroatoms. The fraction of sp³-hybridized carbons (Fsp3) is 0.115. The van der Waals surface area contributed by atoms with Gasteiger partial charge in [0.1, 0.15) is 30.2 Å². The molecule has 0 aliphatic carbocycles. The fourth-order valence-corrected chi connectivity index (χ4v) is 4.18. The summed E-state index contributed by atoms with van der Waals surface area (Å²) in [6.45, 7) is 2.27. The van der Waals surface area contributed by atoms with E-state index in [1.165, 1.54) is 5.56 Å². The van der Waals surface area contributed by atoms with Crippen molar-refractivity contribution in [2.24, 2.45) is 0 Å². The van der Waals surface area contributed by atoms with Crippen LogP contribution in [-0.4, -0.2) is 24.7 Å². The van der Waals surface area contributed by atoms with Crippen LogP contribution in [0.2, 0.25) is 0 Å². The minimum absolute atomic E-state index is 0.142. The van der Waals surface area contributed by atoms with E-state index in [0.29, 0.717) is 23.1 Å². The number of rotatable bonds is 4. The van der Waals surface area contributed by atoms with Crippen molar-refractivity contribution in [2.45, 2.75) is 19.4 Å². The van der Waals surface area contributed by atoms with Crippen molar-refractivity contribution in [3.8, 4) is 23.1 Å². The lowest BCUT2D eigenvalue weighted by Gasteiger charge is -2.27. The molecule has 1 unspecified atom stereocenters. The molecule has 5 aromatic rings. The zero-order valence-electron chi connectivity index (χ0n) is 17.8. The zero-order valence-corrected chi connectivity index (χ0v) is 17.8. The molecule has 3 aromatic carbocycles. The Morgan fingerprint density at radius 1 is 1.03 bits per heavy atom. The molecule has 1 aliphatic rings. The van der Waals surface area contributed by atoms with Gasteiger partial charge in [-0.25, -0.2) is 14.5 Å². The van der Waals surface area contributed by atoms with E-state index in [9.17, 15) is 5.11 Å². The molecule has 0 saturated carbocycles. The Morgan fingerprint density at radius 2 is 1.85 bits per heavy atom. The van der Waals surface area contributed by atoms with Gasteiger partial charge < -0.3 is 14.6 Å². The molecule has 0 fully saturated rings. The lowest BCUT2D eigenvalue weighted by Crippen LogP contribution is -2.14. The summed E-state index contributed by atoms with van der Waals surface area (Å²) in [4.78, 5) is 9.29. The largest absolute Gasteiger partial charge is 0.508 e. The van der Waals surface area contributed by atoms with Gasteiger partial charge in [-0.1, -0.05) is 54.1 Å². The van der Waals surface area contributed by atoms with Crippen molar-refractivity contribution in [3.05, 3.63) is 107 Å². The van der Waals surface area contributed by atoms with Gasteiger partial charge in [0.15, 0.2) is 11.5 Å². The third-order valence-corrected chi connectivity index (χ3v) is 5.76. The van der Waals surface area contributed by atoms with Crippen LogP contribution in [0.4, 0.5) is 0 Å². The summed E-state index contributed by atoms with van der Waals surface area (Å²) < 4.78 is 13.6. The van der Waals surface area contributed by atoms with Gasteiger partial charge in [-0.3, -0.25) is 0 Å². The number of aromatic nitrogens is 4. The quantitative estimate of drug-likeness (QED) is 0.419. The Balaban J connectivity index is 1.44. The number of fused-ring (bicyclic) bond motifs is 4. The van der Waals surface area contributed by atoms with Crippen LogP contribution in [0, 0.1) is 6.92 Å². The number of phenolic OH excluding ortho intramolecular Hbond substituents is 1. The SMILES string of the molecule is Cc1ccc(OCc2nc3c4c(ncn3n2)Oc2cc(O)ccc2C4c2ccccc2)cc1. The summed E-state index contributed by atoms with van der Waals surface area (Å²) in [5.41, 5.74) is 4.67. The Labute approximate surface area is 189 Å². The van der Waals surface area contributed by atoms with Gasteiger partial charge in [-0.2, -0.15) is 0 Å². The van der Waals surface area contributed by atoms with Crippen LogP contribution in [0.1, 0.15) is 34.0 Å². The number of ether oxygens (including phenoxy) is 2. The summed E-state index contributed by atoms with van der Waals surface area (Å²) in [6.07, 6.45) is 1.59. The van der Waals surface area contributed by atoms with Crippen molar-refractivity contribution in [1.29, 1.82) is 0 Å². The molecule has 1 N–H and O–H groups in total. The molecule has 0 amide bonds. The van der Waals surface area contributed by atoms with Crippen molar-refractivity contribution < 1.29 is 14.6 Å². The number of hydrogen-bond donors (Lipinski definition) is 1. The number of hydrogen-bond acceptors (Lipinski definition) is 6. The first-order valence-electron chi connectivity index (χ1n) is 10.6. The lowest BCUT2D eigenvalue weighted by atomic mass is 9.84. The van der Waals surface area contributed by atoms with Crippen LogP contribution in [-0.2, 0) is 6.61 Å².